The van der Waals surface area contributed by atoms with Crippen LogP contribution in [0.3, 0.4) is 0 Å². The highest BCUT2D eigenvalue weighted by molar-refractivity contribution is 5.92. The molecule has 0 spiro atoms. The molecule has 4 aliphatic carbocycles. The highest BCUT2D eigenvalue weighted by Gasteiger charge is 2.71. The van der Waals surface area contributed by atoms with Crippen molar-refractivity contribution in [3.8, 4) is 0 Å². The normalized spacial score (nSPS) is 43.2. The van der Waals surface area contributed by atoms with E-state index in [4.69, 9.17) is 0 Å². The summed E-state index contributed by atoms with van der Waals surface area (Å²) in [5.74, 6) is -1.68. The number of hydrogen-bond acceptors (Lipinski definition) is 5. The number of ketones is 2. The first-order valence-corrected chi connectivity index (χ1v) is 12.9. The van der Waals surface area contributed by atoms with Gasteiger partial charge in [-0.05, 0) is 79.6 Å². The lowest BCUT2D eigenvalue weighted by Gasteiger charge is -2.62. The number of carbonyl (C=O) groups is 3. The number of fused-ring (bicyclic) bond motifs is 5. The van der Waals surface area contributed by atoms with Crippen molar-refractivity contribution in [1.82, 2.24) is 0 Å². The zero-order chi connectivity index (χ0) is 24.2. The van der Waals surface area contributed by atoms with Crippen molar-refractivity contribution in [3.05, 3.63) is 11.6 Å². The number of aliphatic hydroxyl groups is 2. The van der Waals surface area contributed by atoms with Gasteiger partial charge in [-0.1, -0.05) is 39.2 Å². The first kappa shape index (κ1) is 24.6. The van der Waals surface area contributed by atoms with Gasteiger partial charge in [-0.15, -0.1) is 0 Å². The number of unbranched alkanes of at least 4 members (excludes halogenated alkanes) is 1. The summed E-state index contributed by atoms with van der Waals surface area (Å²) in [7, 11) is 0. The molecule has 0 bridgehead atoms. The third-order valence-corrected chi connectivity index (χ3v) is 10.5. The Morgan fingerprint density at radius 2 is 1.91 bits per heavy atom. The maximum Gasteiger partial charge on any atom is 0.307 e. The monoisotopic (exact) mass is 460 g/mol. The molecular formula is C27H40O6. The fourth-order valence-corrected chi connectivity index (χ4v) is 9.10. The van der Waals surface area contributed by atoms with Crippen LogP contribution in [0.4, 0.5) is 0 Å². The van der Waals surface area contributed by atoms with Gasteiger partial charge in [-0.2, -0.15) is 0 Å². The molecular weight excluding hydrogens is 420 g/mol. The van der Waals surface area contributed by atoms with Crippen LogP contribution in [-0.2, 0) is 14.4 Å². The van der Waals surface area contributed by atoms with Crippen molar-refractivity contribution in [2.24, 2.45) is 39.9 Å². The molecule has 8 atom stereocenters. The molecule has 6 nitrogen and oxygen atoms in total. The summed E-state index contributed by atoms with van der Waals surface area (Å²) in [5.41, 5.74) is -0.895. The predicted octanol–water partition coefficient (Wildman–Crippen LogP) is 3.93. The second-order valence-electron chi connectivity index (χ2n) is 11.7. The summed E-state index contributed by atoms with van der Waals surface area (Å²) in [6, 6.07) is 0. The molecule has 33 heavy (non-hydrogen) atoms. The Balaban J connectivity index is 1.78. The first-order chi connectivity index (χ1) is 15.6. The van der Waals surface area contributed by atoms with Crippen LogP contribution in [0.2, 0.25) is 0 Å². The fourth-order valence-electron chi connectivity index (χ4n) is 9.10. The van der Waals surface area contributed by atoms with Gasteiger partial charge in [-0.3, -0.25) is 14.4 Å². The Morgan fingerprint density at radius 3 is 2.55 bits per heavy atom. The molecule has 3 N–H and O–H groups in total. The van der Waals surface area contributed by atoms with Crippen molar-refractivity contribution in [1.29, 1.82) is 0 Å². The van der Waals surface area contributed by atoms with E-state index in [2.05, 4.69) is 6.92 Å². The average molecular weight is 461 g/mol. The fraction of sp³-hybridized carbons (Fsp3) is 0.815. The summed E-state index contributed by atoms with van der Waals surface area (Å²) in [6.07, 6.45) is 7.62. The molecule has 0 aliphatic heterocycles. The van der Waals surface area contributed by atoms with E-state index in [-0.39, 0.29) is 34.7 Å². The molecule has 4 rings (SSSR count). The number of carboxylic acids is 1. The predicted molar refractivity (Wildman–Crippen MR) is 123 cm³/mol. The number of rotatable bonds is 7. The van der Waals surface area contributed by atoms with Crippen LogP contribution in [0.1, 0.15) is 85.0 Å². The molecule has 4 aliphatic rings. The van der Waals surface area contributed by atoms with E-state index in [1.54, 1.807) is 6.08 Å². The summed E-state index contributed by atoms with van der Waals surface area (Å²) in [6.45, 7) is 5.57. The van der Waals surface area contributed by atoms with Gasteiger partial charge in [0.1, 0.15) is 6.61 Å². The number of Topliss-reactive ketones (excluding diaryl/α,β-unsaturated/α-hetero) is 1. The molecule has 0 saturated heterocycles. The summed E-state index contributed by atoms with van der Waals surface area (Å²) in [4.78, 5) is 38.1. The van der Waals surface area contributed by atoms with Gasteiger partial charge in [0.05, 0.1) is 17.4 Å². The SMILES string of the molecule is CCCCC(C(=O)O)C1(C(=O)CO)CCC2C3CCC4=CC(=O)CCC4(C)C3C(O)CC21C. The van der Waals surface area contributed by atoms with Gasteiger partial charge in [0.25, 0.3) is 0 Å². The maximum atomic E-state index is 13.5. The summed E-state index contributed by atoms with van der Waals surface area (Å²) >= 11 is 0. The Labute approximate surface area is 196 Å². The lowest BCUT2D eigenvalue weighted by molar-refractivity contribution is -0.181. The zero-order valence-electron chi connectivity index (χ0n) is 20.3. The molecule has 0 heterocycles. The highest BCUT2D eigenvalue weighted by Crippen LogP contribution is 2.72. The zero-order valence-corrected chi connectivity index (χ0v) is 20.3. The number of aliphatic hydroxyl groups excluding tert-OH is 2. The summed E-state index contributed by atoms with van der Waals surface area (Å²) < 4.78 is 0. The van der Waals surface area contributed by atoms with Gasteiger partial charge in [0.2, 0.25) is 0 Å². The number of allylic oxidation sites excluding steroid dienone is 1. The van der Waals surface area contributed by atoms with Crippen LogP contribution >= 0.6 is 0 Å². The van der Waals surface area contributed by atoms with Crippen LogP contribution < -0.4 is 0 Å². The van der Waals surface area contributed by atoms with E-state index in [0.29, 0.717) is 32.1 Å². The van der Waals surface area contributed by atoms with Crippen molar-refractivity contribution < 1.29 is 29.7 Å². The standard InChI is InChI=1S/C27H40O6/c1-4-5-6-20(24(32)33)27(22(31)15-28)12-10-19-18-8-7-16-13-17(29)9-11-25(16,2)23(18)21(30)14-26(19,27)3/h13,18-21,23,28,30H,4-12,14-15H2,1-3H3,(H,32,33). The van der Waals surface area contributed by atoms with Crippen molar-refractivity contribution in [2.75, 3.05) is 6.61 Å². The van der Waals surface area contributed by atoms with E-state index in [0.717, 1.165) is 37.7 Å². The van der Waals surface area contributed by atoms with Crippen LogP contribution in [0.25, 0.3) is 0 Å². The smallest absolute Gasteiger partial charge is 0.307 e. The Morgan fingerprint density at radius 1 is 1.18 bits per heavy atom. The van der Waals surface area contributed by atoms with Gasteiger partial charge in [0, 0.05) is 6.42 Å². The van der Waals surface area contributed by atoms with Crippen LogP contribution in [0.15, 0.2) is 11.6 Å². The van der Waals surface area contributed by atoms with Crippen molar-refractivity contribution >= 4 is 17.5 Å². The number of carbonyl (C=O) groups excluding carboxylic acids is 2. The van der Waals surface area contributed by atoms with Crippen LogP contribution in [0.5, 0.6) is 0 Å². The van der Waals surface area contributed by atoms with Crippen molar-refractivity contribution in [2.45, 2.75) is 91.1 Å². The Bertz CT molecular complexity index is 863. The molecule has 8 unspecified atom stereocenters. The van der Waals surface area contributed by atoms with Gasteiger partial charge >= 0.3 is 5.97 Å². The van der Waals surface area contributed by atoms with Gasteiger partial charge < -0.3 is 15.3 Å². The number of aliphatic carboxylic acids is 1. The topological polar surface area (TPSA) is 112 Å². The highest BCUT2D eigenvalue weighted by atomic mass is 16.4. The van der Waals surface area contributed by atoms with Crippen molar-refractivity contribution in [3.63, 3.8) is 0 Å². The molecule has 6 heteroatoms. The Hall–Kier alpha value is -1.53. The largest absolute Gasteiger partial charge is 0.481 e. The number of hydrogen-bond donors (Lipinski definition) is 3. The molecule has 184 valence electrons. The second-order valence-corrected chi connectivity index (χ2v) is 11.7. The van der Waals surface area contributed by atoms with Gasteiger partial charge in [0.15, 0.2) is 11.6 Å². The van der Waals surface area contributed by atoms with E-state index < -0.39 is 35.4 Å². The number of carboxylic acid groups (broad SMARTS) is 1. The van der Waals surface area contributed by atoms with E-state index in [9.17, 15) is 29.7 Å². The summed E-state index contributed by atoms with van der Waals surface area (Å²) in [5, 5.41) is 31.9. The molecule has 0 aromatic heterocycles. The molecule has 3 saturated carbocycles. The lowest BCUT2D eigenvalue weighted by atomic mass is 9.42. The molecule has 0 aromatic rings. The average Bonchev–Trinajstić information content (AvgIpc) is 3.06. The molecule has 3 fully saturated rings. The van der Waals surface area contributed by atoms with Gasteiger partial charge in [-0.25, -0.2) is 0 Å². The van der Waals surface area contributed by atoms with Crippen LogP contribution in [0, 0.1) is 39.9 Å². The minimum atomic E-state index is -1.15. The third kappa shape index (κ3) is 3.38. The van der Waals surface area contributed by atoms with E-state index >= 15 is 0 Å². The second kappa shape index (κ2) is 8.60. The molecule has 0 amide bonds. The lowest BCUT2D eigenvalue weighted by Crippen LogP contribution is -2.61. The molecule has 0 radical (unpaired) electrons. The minimum absolute atomic E-state index is 0.0163. The quantitative estimate of drug-likeness (QED) is 0.531. The Kier molecular flexibility index (Phi) is 6.41. The molecule has 0 aromatic carbocycles. The van der Waals surface area contributed by atoms with Crippen LogP contribution in [-0.4, -0.2) is 45.6 Å². The maximum absolute atomic E-state index is 13.5. The van der Waals surface area contributed by atoms with E-state index in [1.807, 2.05) is 13.8 Å². The third-order valence-electron chi connectivity index (χ3n) is 10.5. The minimum Gasteiger partial charge on any atom is -0.481 e. The first-order valence-electron chi connectivity index (χ1n) is 12.9. The van der Waals surface area contributed by atoms with E-state index in [1.165, 1.54) is 0 Å².